The Kier molecular flexibility index (Phi) is 5.28. The topological polar surface area (TPSA) is 139 Å². The van der Waals surface area contributed by atoms with Gasteiger partial charge in [-0.1, -0.05) is 0 Å². The van der Waals surface area contributed by atoms with Crippen molar-refractivity contribution >= 4 is 27.7 Å². The molecule has 21 heavy (non-hydrogen) atoms. The van der Waals surface area contributed by atoms with Crippen LogP contribution in [0.4, 0.5) is 10.5 Å². The van der Waals surface area contributed by atoms with Gasteiger partial charge in [0.15, 0.2) is 0 Å². The molecule has 0 aromatic heterocycles. The maximum atomic E-state index is 11.7. The Morgan fingerprint density at radius 1 is 1.19 bits per heavy atom. The van der Waals surface area contributed by atoms with Crippen LogP contribution in [0.2, 0.25) is 0 Å². The highest BCUT2D eigenvalue weighted by molar-refractivity contribution is 7.89. The van der Waals surface area contributed by atoms with E-state index < -0.39 is 34.0 Å². The number of benzene rings is 1. The van der Waals surface area contributed by atoms with Crippen LogP contribution in [0.25, 0.3) is 0 Å². The third-order valence-electron chi connectivity index (χ3n) is 2.94. The van der Waals surface area contributed by atoms with Crippen LogP contribution in [0.15, 0.2) is 29.2 Å². The van der Waals surface area contributed by atoms with Gasteiger partial charge >= 0.3 is 12.0 Å². The number of sulfonamides is 1. The monoisotopic (exact) mass is 315 g/mol. The Morgan fingerprint density at radius 2 is 1.71 bits per heavy atom. The number of nitrogens with two attached hydrogens (primary N) is 1. The Balaban J connectivity index is 2.65. The molecule has 8 nitrogen and oxygen atoms in total. The van der Waals surface area contributed by atoms with Crippen molar-refractivity contribution in [3.05, 3.63) is 24.3 Å². The lowest BCUT2D eigenvalue weighted by atomic mass is 10.0. The van der Waals surface area contributed by atoms with E-state index in [2.05, 4.69) is 10.6 Å². The number of nitrogens with one attached hydrogen (secondary N) is 2. The van der Waals surface area contributed by atoms with Crippen LogP contribution >= 0.6 is 0 Å². The Morgan fingerprint density at radius 3 is 2.14 bits per heavy atom. The third-order valence-corrected chi connectivity index (χ3v) is 3.87. The van der Waals surface area contributed by atoms with Crippen LogP contribution in [0.5, 0.6) is 0 Å². The minimum Gasteiger partial charge on any atom is -0.481 e. The summed E-state index contributed by atoms with van der Waals surface area (Å²) in [5.74, 6) is -1.75. The predicted octanol–water partition coefficient (Wildman–Crippen LogP) is 0.565. The molecule has 9 heteroatoms. The Bertz CT molecular complexity index is 627. The van der Waals surface area contributed by atoms with Gasteiger partial charge in [0.2, 0.25) is 10.0 Å². The number of aliphatic carboxylic acids is 1. The number of amides is 2. The van der Waals surface area contributed by atoms with Crippen LogP contribution in [-0.4, -0.2) is 31.6 Å². The third kappa shape index (κ3) is 5.04. The summed E-state index contributed by atoms with van der Waals surface area (Å²) in [6, 6.07) is 4.13. The second-order valence-electron chi connectivity index (χ2n) is 4.58. The number of carbonyl (C=O) groups excluding carboxylic acids is 1. The predicted molar refractivity (Wildman–Crippen MR) is 76.2 cm³/mol. The van der Waals surface area contributed by atoms with Gasteiger partial charge in [0.05, 0.1) is 10.8 Å². The van der Waals surface area contributed by atoms with Gasteiger partial charge in [-0.3, -0.25) is 4.79 Å². The largest absolute Gasteiger partial charge is 0.481 e. The molecule has 0 saturated carbocycles. The van der Waals surface area contributed by atoms with Gasteiger partial charge in [-0.25, -0.2) is 18.4 Å². The molecule has 2 amide bonds. The van der Waals surface area contributed by atoms with Crippen molar-refractivity contribution in [2.24, 2.45) is 11.1 Å². The number of carboxylic acids is 1. The lowest BCUT2D eigenvalue weighted by Gasteiger charge is -2.18. The molecule has 116 valence electrons. The van der Waals surface area contributed by atoms with E-state index in [0.29, 0.717) is 5.69 Å². The average Bonchev–Trinajstić information content (AvgIpc) is 2.36. The van der Waals surface area contributed by atoms with Crippen molar-refractivity contribution < 1.29 is 23.1 Å². The molecular formula is C12H17N3O5S. The fraction of sp³-hybridized carbons (Fsp3) is 0.333. The minimum atomic E-state index is -3.78. The average molecular weight is 315 g/mol. The minimum absolute atomic E-state index is 0.0682. The van der Waals surface area contributed by atoms with E-state index in [4.69, 9.17) is 10.2 Å². The highest BCUT2D eigenvalue weighted by Crippen LogP contribution is 2.12. The van der Waals surface area contributed by atoms with E-state index in [-0.39, 0.29) is 4.90 Å². The van der Waals surface area contributed by atoms with Crippen LogP contribution in [-0.2, 0) is 14.8 Å². The maximum Gasteiger partial charge on any atom is 0.319 e. The van der Waals surface area contributed by atoms with Gasteiger partial charge in [0, 0.05) is 11.7 Å². The molecule has 0 aliphatic carbocycles. The lowest BCUT2D eigenvalue weighted by Crippen LogP contribution is -2.42. The molecule has 0 aliphatic rings. The number of anilines is 1. The molecule has 2 unspecified atom stereocenters. The number of primary sulfonamides is 1. The zero-order valence-corrected chi connectivity index (χ0v) is 12.3. The van der Waals surface area contributed by atoms with Crippen molar-refractivity contribution in [3.63, 3.8) is 0 Å². The summed E-state index contributed by atoms with van der Waals surface area (Å²) in [5.41, 5.74) is 0.357. The van der Waals surface area contributed by atoms with Crippen LogP contribution in [0.1, 0.15) is 13.8 Å². The van der Waals surface area contributed by atoms with Crippen LogP contribution < -0.4 is 15.8 Å². The van der Waals surface area contributed by atoms with E-state index in [1.165, 1.54) is 31.2 Å². The molecular weight excluding hydrogens is 298 g/mol. The number of carboxylic acid groups (broad SMARTS) is 1. The van der Waals surface area contributed by atoms with Crippen LogP contribution in [0.3, 0.4) is 0 Å². The molecule has 0 saturated heterocycles. The van der Waals surface area contributed by atoms with Gasteiger partial charge in [0.1, 0.15) is 0 Å². The summed E-state index contributed by atoms with van der Waals surface area (Å²) in [4.78, 5) is 22.4. The first-order valence-corrected chi connectivity index (χ1v) is 7.59. The first kappa shape index (κ1) is 16.9. The fourth-order valence-electron chi connectivity index (χ4n) is 1.44. The van der Waals surface area contributed by atoms with Crippen molar-refractivity contribution in [1.29, 1.82) is 0 Å². The van der Waals surface area contributed by atoms with E-state index in [1.807, 2.05) is 0 Å². The molecule has 0 fully saturated rings. The fourth-order valence-corrected chi connectivity index (χ4v) is 1.96. The second-order valence-corrected chi connectivity index (χ2v) is 6.14. The van der Waals surface area contributed by atoms with Crippen molar-refractivity contribution in [2.75, 3.05) is 5.32 Å². The Hall–Kier alpha value is -2.13. The van der Waals surface area contributed by atoms with Crippen molar-refractivity contribution in [2.45, 2.75) is 24.8 Å². The quantitative estimate of drug-likeness (QED) is 0.629. The summed E-state index contributed by atoms with van der Waals surface area (Å²) >= 11 is 0. The van der Waals surface area contributed by atoms with Crippen molar-refractivity contribution in [3.8, 4) is 0 Å². The number of hydrogen-bond donors (Lipinski definition) is 4. The molecule has 1 aromatic carbocycles. The summed E-state index contributed by atoms with van der Waals surface area (Å²) in [5, 5.41) is 18.7. The summed E-state index contributed by atoms with van der Waals surface area (Å²) < 4.78 is 22.1. The normalized spacial score (nSPS) is 14.0. The smallest absolute Gasteiger partial charge is 0.319 e. The van der Waals surface area contributed by atoms with Gasteiger partial charge in [-0.05, 0) is 38.1 Å². The molecule has 5 N–H and O–H groups in total. The molecule has 0 radical (unpaired) electrons. The molecule has 0 aliphatic heterocycles. The number of hydrogen-bond acceptors (Lipinski definition) is 4. The number of rotatable bonds is 5. The van der Waals surface area contributed by atoms with Gasteiger partial charge < -0.3 is 15.7 Å². The van der Waals surface area contributed by atoms with E-state index in [9.17, 15) is 18.0 Å². The van der Waals surface area contributed by atoms with E-state index in [1.54, 1.807) is 6.92 Å². The second kappa shape index (κ2) is 6.55. The first-order chi connectivity index (χ1) is 9.61. The number of carbonyl (C=O) groups is 2. The summed E-state index contributed by atoms with van der Waals surface area (Å²) in [7, 11) is -3.78. The number of urea groups is 1. The highest BCUT2D eigenvalue weighted by Gasteiger charge is 2.20. The maximum absolute atomic E-state index is 11.7. The zero-order chi connectivity index (χ0) is 16.2. The Labute approximate surface area is 122 Å². The zero-order valence-electron chi connectivity index (χ0n) is 11.5. The van der Waals surface area contributed by atoms with Gasteiger partial charge in [0.25, 0.3) is 0 Å². The van der Waals surface area contributed by atoms with E-state index in [0.717, 1.165) is 0 Å². The molecule has 2 atom stereocenters. The SMILES string of the molecule is CC(NC(=O)Nc1ccc(S(N)(=O)=O)cc1)C(C)C(=O)O. The van der Waals surface area contributed by atoms with Crippen molar-refractivity contribution in [1.82, 2.24) is 5.32 Å². The standard InChI is InChI=1S/C12H17N3O5S/c1-7(11(16)17)8(2)14-12(18)15-9-3-5-10(6-4-9)21(13,19)20/h3-8H,1-2H3,(H,16,17)(H2,13,19,20)(H2,14,15,18). The highest BCUT2D eigenvalue weighted by atomic mass is 32.2. The molecule has 0 spiro atoms. The van der Waals surface area contributed by atoms with Gasteiger partial charge in [-0.2, -0.15) is 0 Å². The molecule has 1 rings (SSSR count). The van der Waals surface area contributed by atoms with Crippen LogP contribution in [0, 0.1) is 5.92 Å². The van der Waals surface area contributed by atoms with E-state index >= 15 is 0 Å². The molecule has 1 aromatic rings. The lowest BCUT2D eigenvalue weighted by molar-refractivity contribution is -0.141. The molecule has 0 heterocycles. The first-order valence-electron chi connectivity index (χ1n) is 6.04. The van der Waals surface area contributed by atoms with Gasteiger partial charge in [-0.15, -0.1) is 0 Å². The summed E-state index contributed by atoms with van der Waals surface area (Å²) in [6.45, 7) is 3.05. The molecule has 0 bridgehead atoms. The summed E-state index contributed by atoms with van der Waals surface area (Å²) in [6.07, 6.45) is 0.